The first-order valence-corrected chi connectivity index (χ1v) is 14.0. The Balaban J connectivity index is 1.49. The van der Waals surface area contributed by atoms with Gasteiger partial charge in [-0.2, -0.15) is 5.26 Å². The maximum Gasteiger partial charge on any atom is 0.217 e. The Morgan fingerprint density at radius 3 is 2.46 bits per heavy atom. The summed E-state index contributed by atoms with van der Waals surface area (Å²) in [5.41, 5.74) is 8.09. The zero-order chi connectivity index (χ0) is 28.8. The molecule has 3 heterocycles. The van der Waals surface area contributed by atoms with Crippen LogP contribution < -0.4 is 15.8 Å². The fraction of sp³-hybridized carbons (Fsp3) is 0.250. The second-order valence-corrected chi connectivity index (χ2v) is 11.1. The van der Waals surface area contributed by atoms with Crippen LogP contribution in [0.2, 0.25) is 5.02 Å². The number of fused-ring (bicyclic) bond motifs is 3. The summed E-state index contributed by atoms with van der Waals surface area (Å²) < 4.78 is 3.75. The largest absolute Gasteiger partial charge is 0.370 e. The van der Waals surface area contributed by atoms with E-state index in [1.165, 1.54) is 0 Å². The van der Waals surface area contributed by atoms with Gasteiger partial charge in [-0.25, -0.2) is 0 Å². The number of aryl methyl sites for hydroxylation is 2. The highest BCUT2D eigenvalue weighted by molar-refractivity contribution is 6.30. The molecular formula is C32H30ClN7O. The molecule has 9 heteroatoms. The molecule has 0 aliphatic carbocycles. The number of hydrogen-bond donors (Lipinski definition) is 2. The minimum atomic E-state index is -0.0114. The number of amides is 1. The number of anilines is 1. The smallest absolute Gasteiger partial charge is 0.217 e. The highest BCUT2D eigenvalue weighted by atomic mass is 35.5. The van der Waals surface area contributed by atoms with Crippen LogP contribution in [-0.2, 0) is 11.8 Å². The number of benzene rings is 3. The van der Waals surface area contributed by atoms with Crippen LogP contribution in [-0.4, -0.2) is 39.2 Å². The van der Waals surface area contributed by atoms with E-state index in [9.17, 15) is 10.1 Å². The number of nitrogens with one attached hydrogen (secondary N) is 2. The third-order valence-electron chi connectivity index (χ3n) is 8.03. The van der Waals surface area contributed by atoms with E-state index in [1.807, 2.05) is 71.8 Å². The van der Waals surface area contributed by atoms with Gasteiger partial charge >= 0.3 is 0 Å². The normalized spacial score (nSPS) is 14.0. The van der Waals surface area contributed by atoms with Gasteiger partial charge < -0.3 is 14.8 Å². The number of aromatic nitrogens is 3. The number of nitriles is 1. The Morgan fingerprint density at radius 1 is 1.07 bits per heavy atom. The van der Waals surface area contributed by atoms with Crippen LogP contribution in [0.3, 0.4) is 0 Å². The number of nitrogens with zero attached hydrogens (tertiary/aromatic N) is 5. The van der Waals surface area contributed by atoms with Crippen molar-refractivity contribution in [2.24, 2.45) is 7.05 Å². The van der Waals surface area contributed by atoms with E-state index in [2.05, 4.69) is 28.4 Å². The number of halogens is 1. The maximum absolute atomic E-state index is 11.5. The fourth-order valence-electron chi connectivity index (χ4n) is 5.90. The van der Waals surface area contributed by atoms with Crippen LogP contribution in [0.25, 0.3) is 38.8 Å². The monoisotopic (exact) mass is 563 g/mol. The lowest BCUT2D eigenvalue weighted by molar-refractivity contribution is -0.119. The van der Waals surface area contributed by atoms with Gasteiger partial charge in [0.15, 0.2) is 0 Å². The van der Waals surface area contributed by atoms with Gasteiger partial charge in [-0.05, 0) is 72.9 Å². The second-order valence-electron chi connectivity index (χ2n) is 10.7. The van der Waals surface area contributed by atoms with Gasteiger partial charge in [0.05, 0.1) is 39.7 Å². The zero-order valence-electron chi connectivity index (χ0n) is 23.2. The van der Waals surface area contributed by atoms with Crippen molar-refractivity contribution in [2.75, 3.05) is 18.0 Å². The van der Waals surface area contributed by atoms with E-state index in [0.717, 1.165) is 75.9 Å². The molecule has 1 aliphatic heterocycles. The fourth-order valence-corrected chi connectivity index (χ4v) is 6.03. The second kappa shape index (κ2) is 10.4. The van der Waals surface area contributed by atoms with Crippen LogP contribution in [0.5, 0.6) is 0 Å². The minimum absolute atomic E-state index is 0.0114. The van der Waals surface area contributed by atoms with Crippen LogP contribution in [0, 0.1) is 23.7 Å². The first kappa shape index (κ1) is 26.6. The third-order valence-corrected chi connectivity index (χ3v) is 8.28. The summed E-state index contributed by atoms with van der Waals surface area (Å²) in [6.45, 7) is 5.09. The van der Waals surface area contributed by atoms with Gasteiger partial charge in [0.25, 0.3) is 0 Å². The van der Waals surface area contributed by atoms with E-state index in [-0.39, 0.29) is 11.9 Å². The van der Waals surface area contributed by atoms with Crippen molar-refractivity contribution in [1.29, 1.82) is 10.7 Å². The summed E-state index contributed by atoms with van der Waals surface area (Å²) in [5.74, 6) is -0.0114. The molecule has 0 radical (unpaired) electrons. The highest BCUT2D eigenvalue weighted by Gasteiger charge is 2.24. The predicted molar refractivity (Wildman–Crippen MR) is 162 cm³/mol. The molecule has 6 rings (SSSR count). The molecule has 1 saturated heterocycles. The molecule has 1 fully saturated rings. The van der Waals surface area contributed by atoms with Crippen molar-refractivity contribution < 1.29 is 4.79 Å². The molecule has 0 atom stereocenters. The molecule has 1 amide bonds. The molecule has 5 aromatic rings. The van der Waals surface area contributed by atoms with E-state index < -0.39 is 0 Å². The topological polar surface area (TPSA) is 103 Å². The summed E-state index contributed by atoms with van der Waals surface area (Å²) >= 11 is 6.13. The number of piperidine rings is 1. The van der Waals surface area contributed by atoms with E-state index in [0.29, 0.717) is 16.2 Å². The van der Waals surface area contributed by atoms with E-state index in [4.69, 9.17) is 22.0 Å². The van der Waals surface area contributed by atoms with Crippen LogP contribution in [0.15, 0.2) is 60.8 Å². The lowest BCUT2D eigenvalue weighted by Gasteiger charge is -2.34. The maximum atomic E-state index is 11.5. The molecule has 0 spiro atoms. The van der Waals surface area contributed by atoms with Crippen molar-refractivity contribution >= 4 is 45.1 Å². The lowest BCUT2D eigenvalue weighted by atomic mass is 10.0. The first-order valence-electron chi connectivity index (χ1n) is 13.6. The van der Waals surface area contributed by atoms with Crippen molar-refractivity contribution in [2.45, 2.75) is 32.7 Å². The van der Waals surface area contributed by atoms with Crippen LogP contribution in [0.4, 0.5) is 5.69 Å². The van der Waals surface area contributed by atoms with Gasteiger partial charge in [0.1, 0.15) is 6.07 Å². The summed E-state index contributed by atoms with van der Waals surface area (Å²) in [6, 6.07) is 20.4. The van der Waals surface area contributed by atoms with Crippen molar-refractivity contribution in [3.63, 3.8) is 0 Å². The Labute approximate surface area is 242 Å². The molecule has 2 aromatic heterocycles. The van der Waals surface area contributed by atoms with Crippen molar-refractivity contribution in [3.8, 4) is 22.9 Å². The number of carbonyl (C=O) groups excluding carboxylic acids is 1. The standard InChI is InChI=1S/C32H30ClN7O/c1-19-14-29(39-12-10-25(11-13-39)37-20(2)41)23(17-34)16-28(19)40-31-26-15-22(21-4-7-24(33)8-5-21)6-9-27(26)36-18-30(31)38(3)32(40)35/h4-9,14-16,18,25,35H,10-13H2,1-3H3,(H,37,41). The van der Waals surface area contributed by atoms with Gasteiger partial charge in [-0.3, -0.25) is 19.8 Å². The van der Waals surface area contributed by atoms with Gasteiger partial charge in [-0.1, -0.05) is 29.8 Å². The Bertz CT molecular complexity index is 1920. The molecule has 206 valence electrons. The molecular weight excluding hydrogens is 534 g/mol. The minimum Gasteiger partial charge on any atom is -0.370 e. The molecule has 1 aliphatic rings. The summed E-state index contributed by atoms with van der Waals surface area (Å²) in [6.07, 6.45) is 3.46. The molecule has 8 nitrogen and oxygen atoms in total. The van der Waals surface area contributed by atoms with Crippen LogP contribution >= 0.6 is 11.6 Å². The van der Waals surface area contributed by atoms with E-state index >= 15 is 0 Å². The SMILES string of the molecule is CC(=O)NC1CCN(c2cc(C)c(-n3c(=N)n(C)c4cnc5ccc(-c6ccc(Cl)cc6)cc5c43)cc2C#N)CC1. The number of pyridine rings is 1. The van der Waals surface area contributed by atoms with Gasteiger partial charge in [0, 0.05) is 43.5 Å². The average molecular weight is 564 g/mol. The van der Waals surface area contributed by atoms with Crippen LogP contribution in [0.1, 0.15) is 30.9 Å². The van der Waals surface area contributed by atoms with Crippen molar-refractivity contribution in [3.05, 3.63) is 82.6 Å². The molecule has 0 bridgehead atoms. The molecule has 41 heavy (non-hydrogen) atoms. The average Bonchev–Trinajstić information content (AvgIpc) is 3.23. The zero-order valence-corrected chi connectivity index (χ0v) is 24.0. The number of carbonyl (C=O) groups is 1. The highest BCUT2D eigenvalue weighted by Crippen LogP contribution is 2.33. The molecule has 0 unspecified atom stereocenters. The predicted octanol–water partition coefficient (Wildman–Crippen LogP) is 5.60. The molecule has 0 saturated carbocycles. The number of rotatable bonds is 4. The summed E-state index contributed by atoms with van der Waals surface area (Å²) in [4.78, 5) is 18.4. The van der Waals surface area contributed by atoms with Gasteiger partial charge in [0.2, 0.25) is 11.5 Å². The Morgan fingerprint density at radius 2 is 1.78 bits per heavy atom. The lowest BCUT2D eigenvalue weighted by Crippen LogP contribution is -2.44. The summed E-state index contributed by atoms with van der Waals surface area (Å²) in [7, 11) is 1.87. The Kier molecular flexibility index (Phi) is 6.76. The first-order chi connectivity index (χ1) is 19.7. The quantitative estimate of drug-likeness (QED) is 0.297. The van der Waals surface area contributed by atoms with Crippen molar-refractivity contribution in [1.82, 2.24) is 19.4 Å². The molecule has 2 N–H and O–H groups in total. The van der Waals surface area contributed by atoms with E-state index in [1.54, 1.807) is 6.92 Å². The Hall–Kier alpha value is -4.61. The third kappa shape index (κ3) is 4.72. The van der Waals surface area contributed by atoms with Gasteiger partial charge in [-0.15, -0.1) is 0 Å². The number of hydrogen-bond acceptors (Lipinski definition) is 5. The molecule has 3 aromatic carbocycles. The summed E-state index contributed by atoms with van der Waals surface area (Å²) in [5, 5.41) is 23.9. The number of imidazole rings is 1.